The summed E-state index contributed by atoms with van der Waals surface area (Å²) in [5, 5.41) is 3.40. The third kappa shape index (κ3) is 3.57. The van der Waals surface area contributed by atoms with Gasteiger partial charge >= 0.3 is 0 Å². The molecule has 1 saturated carbocycles. The molecular weight excluding hydrogens is 305 g/mol. The van der Waals surface area contributed by atoms with Gasteiger partial charge in [-0.2, -0.15) is 0 Å². The van der Waals surface area contributed by atoms with E-state index in [-0.39, 0.29) is 11.9 Å². The summed E-state index contributed by atoms with van der Waals surface area (Å²) in [6.45, 7) is 2.28. The highest BCUT2D eigenvalue weighted by Crippen LogP contribution is 2.40. The summed E-state index contributed by atoms with van der Waals surface area (Å²) in [5.74, 6) is 1.30. The third-order valence-electron chi connectivity index (χ3n) is 4.48. The Morgan fingerprint density at radius 2 is 2.21 bits per heavy atom. The van der Waals surface area contributed by atoms with E-state index in [0.717, 1.165) is 16.0 Å². The van der Waals surface area contributed by atoms with Crippen LogP contribution in [0.4, 0.5) is 4.39 Å². The van der Waals surface area contributed by atoms with Crippen molar-refractivity contribution in [3.8, 4) is 0 Å². The predicted octanol–water partition coefficient (Wildman–Crippen LogP) is 5.07. The van der Waals surface area contributed by atoms with Gasteiger partial charge in [-0.15, -0.1) is 0 Å². The smallest absolute Gasteiger partial charge is 0.123 e. The summed E-state index contributed by atoms with van der Waals surface area (Å²) < 4.78 is 14.5. The van der Waals surface area contributed by atoms with Gasteiger partial charge in [-0.3, -0.25) is 0 Å². The van der Waals surface area contributed by atoms with Crippen LogP contribution < -0.4 is 5.32 Å². The molecule has 0 heterocycles. The van der Waals surface area contributed by atoms with E-state index in [9.17, 15) is 4.39 Å². The molecule has 2 rings (SSSR count). The van der Waals surface area contributed by atoms with Gasteiger partial charge in [0.25, 0.3) is 0 Å². The number of hydrogen-bond acceptors (Lipinski definition) is 1. The third-order valence-corrected chi connectivity index (χ3v) is 5.20. The Morgan fingerprint density at radius 3 is 2.89 bits per heavy atom. The first-order valence-corrected chi connectivity index (χ1v) is 8.07. The summed E-state index contributed by atoms with van der Waals surface area (Å²) in [7, 11) is 1.98. The van der Waals surface area contributed by atoms with Gasteiger partial charge in [-0.05, 0) is 55.5 Å². The maximum absolute atomic E-state index is 13.5. The van der Waals surface area contributed by atoms with Crippen LogP contribution in [0.1, 0.15) is 50.6 Å². The second kappa shape index (κ2) is 6.85. The van der Waals surface area contributed by atoms with E-state index in [0.29, 0.717) is 5.92 Å². The second-order valence-electron chi connectivity index (χ2n) is 5.63. The number of rotatable bonds is 4. The largest absolute Gasteiger partial charge is 0.313 e. The Morgan fingerprint density at radius 1 is 1.42 bits per heavy atom. The molecule has 19 heavy (non-hydrogen) atoms. The van der Waals surface area contributed by atoms with Crippen LogP contribution in [-0.2, 0) is 0 Å². The van der Waals surface area contributed by atoms with Crippen molar-refractivity contribution in [1.82, 2.24) is 5.32 Å². The molecule has 1 N–H and O–H groups in total. The lowest BCUT2D eigenvalue weighted by atomic mass is 9.75. The fourth-order valence-electron chi connectivity index (χ4n) is 3.40. The Balaban J connectivity index is 2.21. The van der Waals surface area contributed by atoms with Gasteiger partial charge in [0, 0.05) is 10.5 Å². The molecule has 0 amide bonds. The van der Waals surface area contributed by atoms with E-state index < -0.39 is 0 Å². The average Bonchev–Trinajstić information content (AvgIpc) is 2.44. The SMILES string of the molecule is CCC1CCCC(C(NC)c2cc(F)ccc2Br)C1. The lowest BCUT2D eigenvalue weighted by molar-refractivity contribution is 0.214. The molecular formula is C16H23BrFN. The van der Waals surface area contributed by atoms with Crippen LogP contribution in [0.25, 0.3) is 0 Å². The molecule has 1 aromatic carbocycles. The molecule has 3 heteroatoms. The Bertz CT molecular complexity index is 421. The van der Waals surface area contributed by atoms with Gasteiger partial charge in [0.2, 0.25) is 0 Å². The maximum atomic E-state index is 13.5. The standard InChI is InChI=1S/C16H23BrFN/c1-3-11-5-4-6-12(9-11)16(19-2)14-10-13(18)7-8-15(14)17/h7-8,10-12,16,19H,3-6,9H2,1-2H3. The summed E-state index contributed by atoms with van der Waals surface area (Å²) in [4.78, 5) is 0. The van der Waals surface area contributed by atoms with Crippen molar-refractivity contribution < 1.29 is 4.39 Å². The number of benzene rings is 1. The monoisotopic (exact) mass is 327 g/mol. The van der Waals surface area contributed by atoms with Crippen LogP contribution in [0.2, 0.25) is 0 Å². The summed E-state index contributed by atoms with van der Waals surface area (Å²) >= 11 is 3.56. The lowest BCUT2D eigenvalue weighted by Gasteiger charge is -2.35. The molecule has 1 aliphatic rings. The van der Waals surface area contributed by atoms with Crippen LogP contribution in [-0.4, -0.2) is 7.05 Å². The van der Waals surface area contributed by atoms with E-state index in [1.807, 2.05) is 13.1 Å². The van der Waals surface area contributed by atoms with E-state index in [4.69, 9.17) is 0 Å². The molecule has 1 nitrogen and oxygen atoms in total. The summed E-state index contributed by atoms with van der Waals surface area (Å²) in [6.07, 6.45) is 6.41. The highest BCUT2D eigenvalue weighted by molar-refractivity contribution is 9.10. The number of hydrogen-bond donors (Lipinski definition) is 1. The first-order chi connectivity index (χ1) is 9.15. The van der Waals surface area contributed by atoms with Crippen molar-refractivity contribution in [2.75, 3.05) is 7.05 Å². The highest BCUT2D eigenvalue weighted by atomic mass is 79.9. The molecule has 3 atom stereocenters. The minimum atomic E-state index is -0.152. The van der Waals surface area contributed by atoms with Gasteiger partial charge in [0.05, 0.1) is 0 Å². The van der Waals surface area contributed by atoms with Gasteiger partial charge in [-0.1, -0.05) is 42.1 Å². The van der Waals surface area contributed by atoms with Gasteiger partial charge < -0.3 is 5.32 Å². The molecule has 0 aliphatic heterocycles. The van der Waals surface area contributed by atoms with Crippen molar-refractivity contribution in [2.45, 2.75) is 45.1 Å². The van der Waals surface area contributed by atoms with Crippen molar-refractivity contribution in [1.29, 1.82) is 0 Å². The van der Waals surface area contributed by atoms with Crippen molar-refractivity contribution in [2.24, 2.45) is 11.8 Å². The maximum Gasteiger partial charge on any atom is 0.123 e. The second-order valence-corrected chi connectivity index (χ2v) is 6.49. The molecule has 1 fully saturated rings. The fourth-order valence-corrected chi connectivity index (χ4v) is 3.90. The molecule has 1 aromatic rings. The van der Waals surface area contributed by atoms with E-state index in [1.165, 1.54) is 38.2 Å². The van der Waals surface area contributed by atoms with Crippen LogP contribution in [0, 0.1) is 17.7 Å². The normalized spacial score (nSPS) is 25.3. The van der Waals surface area contributed by atoms with Gasteiger partial charge in [0.15, 0.2) is 0 Å². The Labute approximate surface area is 124 Å². The lowest BCUT2D eigenvalue weighted by Crippen LogP contribution is -2.29. The van der Waals surface area contributed by atoms with E-state index in [1.54, 1.807) is 6.07 Å². The molecule has 0 radical (unpaired) electrons. The van der Waals surface area contributed by atoms with Crippen LogP contribution >= 0.6 is 15.9 Å². The zero-order chi connectivity index (χ0) is 13.8. The first kappa shape index (κ1) is 15.0. The highest BCUT2D eigenvalue weighted by Gasteiger charge is 2.29. The molecule has 3 unspecified atom stereocenters. The molecule has 0 aromatic heterocycles. The minimum Gasteiger partial charge on any atom is -0.313 e. The van der Waals surface area contributed by atoms with Crippen molar-refractivity contribution in [3.63, 3.8) is 0 Å². The quantitative estimate of drug-likeness (QED) is 0.814. The van der Waals surface area contributed by atoms with Crippen LogP contribution in [0.15, 0.2) is 22.7 Å². The van der Waals surface area contributed by atoms with Crippen molar-refractivity contribution >= 4 is 15.9 Å². The van der Waals surface area contributed by atoms with Crippen LogP contribution in [0.3, 0.4) is 0 Å². The topological polar surface area (TPSA) is 12.0 Å². The van der Waals surface area contributed by atoms with E-state index >= 15 is 0 Å². The molecule has 1 aliphatic carbocycles. The summed E-state index contributed by atoms with van der Waals surface area (Å²) in [5.41, 5.74) is 1.06. The number of halogens is 2. The van der Waals surface area contributed by atoms with Crippen molar-refractivity contribution in [3.05, 3.63) is 34.1 Å². The Hall–Kier alpha value is -0.410. The zero-order valence-corrected chi connectivity index (χ0v) is 13.3. The number of nitrogens with one attached hydrogen (secondary N) is 1. The average molecular weight is 328 g/mol. The molecule has 0 saturated heterocycles. The minimum absolute atomic E-state index is 0.152. The summed E-state index contributed by atoms with van der Waals surface area (Å²) in [6, 6.07) is 5.24. The molecule has 0 bridgehead atoms. The molecule has 106 valence electrons. The fraction of sp³-hybridized carbons (Fsp3) is 0.625. The zero-order valence-electron chi connectivity index (χ0n) is 11.8. The first-order valence-electron chi connectivity index (χ1n) is 7.28. The van der Waals surface area contributed by atoms with Crippen LogP contribution in [0.5, 0.6) is 0 Å². The molecule has 0 spiro atoms. The predicted molar refractivity (Wildman–Crippen MR) is 81.6 cm³/mol. The Kier molecular flexibility index (Phi) is 5.40. The van der Waals surface area contributed by atoms with Gasteiger partial charge in [0.1, 0.15) is 5.82 Å². The van der Waals surface area contributed by atoms with E-state index in [2.05, 4.69) is 28.2 Å². The van der Waals surface area contributed by atoms with Gasteiger partial charge in [-0.25, -0.2) is 4.39 Å².